The summed E-state index contributed by atoms with van der Waals surface area (Å²) in [6, 6.07) is 19.1. The van der Waals surface area contributed by atoms with Gasteiger partial charge in [0.2, 0.25) is 11.8 Å². The molecule has 0 aliphatic carbocycles. The molecule has 3 aromatic carbocycles. The lowest BCUT2D eigenvalue weighted by Crippen LogP contribution is -2.51. The minimum atomic E-state index is -4.25. The molecule has 11 heteroatoms. The first-order valence-corrected chi connectivity index (χ1v) is 15.3. The van der Waals surface area contributed by atoms with Gasteiger partial charge in [0.25, 0.3) is 10.0 Å². The number of anilines is 1. The summed E-state index contributed by atoms with van der Waals surface area (Å²) in [5, 5.41) is 2.88. The molecule has 0 fully saturated rings. The van der Waals surface area contributed by atoms with E-state index in [0.29, 0.717) is 12.3 Å². The highest BCUT2D eigenvalue weighted by molar-refractivity contribution is 9.10. The van der Waals surface area contributed by atoms with E-state index >= 15 is 0 Å². The van der Waals surface area contributed by atoms with Crippen LogP contribution in [-0.4, -0.2) is 58.5 Å². The summed E-state index contributed by atoms with van der Waals surface area (Å²) >= 11 is 3.45. The van der Waals surface area contributed by atoms with Crippen molar-refractivity contribution in [3.63, 3.8) is 0 Å². The maximum Gasteiger partial charge on any atom is 0.264 e. The molecule has 0 bridgehead atoms. The van der Waals surface area contributed by atoms with Crippen LogP contribution in [0, 0.1) is 5.92 Å². The SMILES string of the molecule is COc1ccc(OC)c(N(CC(=O)N(Cc2cccc(Br)c2)[C@H](C)C(=O)NCC(C)C)S(=O)(=O)c2ccccc2)c1. The van der Waals surface area contributed by atoms with Gasteiger partial charge in [0, 0.05) is 23.6 Å². The molecule has 0 heterocycles. The Bertz CT molecular complexity index is 1450. The fourth-order valence-electron chi connectivity index (χ4n) is 4.09. The largest absolute Gasteiger partial charge is 0.497 e. The van der Waals surface area contributed by atoms with Crippen LogP contribution in [0.15, 0.2) is 82.2 Å². The molecule has 41 heavy (non-hydrogen) atoms. The van der Waals surface area contributed by atoms with Crippen molar-refractivity contribution in [3.05, 3.63) is 82.8 Å². The third-order valence-electron chi connectivity index (χ3n) is 6.36. The third kappa shape index (κ3) is 8.23. The topological polar surface area (TPSA) is 105 Å². The first-order chi connectivity index (χ1) is 19.5. The fourth-order valence-corrected chi connectivity index (χ4v) is 5.98. The zero-order chi connectivity index (χ0) is 30.2. The van der Waals surface area contributed by atoms with Crippen molar-refractivity contribution in [2.75, 3.05) is 31.6 Å². The van der Waals surface area contributed by atoms with E-state index < -0.39 is 28.5 Å². The van der Waals surface area contributed by atoms with E-state index in [1.165, 1.54) is 37.3 Å². The molecular weight excluding hydrogens is 610 g/mol. The molecule has 1 atom stereocenters. The first kappa shape index (κ1) is 32.0. The number of amides is 2. The van der Waals surface area contributed by atoms with E-state index in [1.54, 1.807) is 37.3 Å². The second kappa shape index (κ2) is 14.4. The number of benzene rings is 3. The summed E-state index contributed by atoms with van der Waals surface area (Å²) in [4.78, 5) is 28.6. The van der Waals surface area contributed by atoms with Gasteiger partial charge in [-0.3, -0.25) is 13.9 Å². The maximum absolute atomic E-state index is 14.1. The Morgan fingerprint density at radius 3 is 2.24 bits per heavy atom. The van der Waals surface area contributed by atoms with Crippen molar-refractivity contribution in [3.8, 4) is 11.5 Å². The summed E-state index contributed by atoms with van der Waals surface area (Å²) in [6.45, 7) is 5.53. The van der Waals surface area contributed by atoms with Gasteiger partial charge in [-0.2, -0.15) is 0 Å². The lowest BCUT2D eigenvalue weighted by atomic mass is 10.1. The molecule has 9 nitrogen and oxygen atoms in total. The van der Waals surface area contributed by atoms with Crippen LogP contribution in [0.25, 0.3) is 0 Å². The number of nitrogens with zero attached hydrogens (tertiary/aromatic N) is 2. The van der Waals surface area contributed by atoms with E-state index in [4.69, 9.17) is 9.47 Å². The van der Waals surface area contributed by atoms with E-state index in [1.807, 2.05) is 38.1 Å². The van der Waals surface area contributed by atoms with Crippen LogP contribution < -0.4 is 19.1 Å². The van der Waals surface area contributed by atoms with Crippen LogP contribution in [0.3, 0.4) is 0 Å². The molecule has 0 aliphatic rings. The Labute approximate surface area is 250 Å². The Morgan fingerprint density at radius 1 is 0.927 bits per heavy atom. The molecule has 0 radical (unpaired) electrons. The second-order valence-electron chi connectivity index (χ2n) is 9.83. The quantitative estimate of drug-likeness (QED) is 0.285. The molecule has 3 aromatic rings. The van der Waals surface area contributed by atoms with Gasteiger partial charge in [-0.1, -0.05) is 60.1 Å². The second-order valence-corrected chi connectivity index (χ2v) is 12.6. The molecular formula is C30H36BrN3O6S. The molecule has 0 spiro atoms. The smallest absolute Gasteiger partial charge is 0.264 e. The van der Waals surface area contributed by atoms with Crippen molar-refractivity contribution >= 4 is 43.5 Å². The summed E-state index contributed by atoms with van der Waals surface area (Å²) in [5.41, 5.74) is 0.899. The monoisotopic (exact) mass is 645 g/mol. The molecule has 3 rings (SSSR count). The lowest BCUT2D eigenvalue weighted by Gasteiger charge is -2.32. The minimum Gasteiger partial charge on any atom is -0.497 e. The Kier molecular flexibility index (Phi) is 11.2. The zero-order valence-corrected chi connectivity index (χ0v) is 26.2. The summed E-state index contributed by atoms with van der Waals surface area (Å²) in [7, 11) is -1.36. The predicted molar refractivity (Wildman–Crippen MR) is 163 cm³/mol. The summed E-state index contributed by atoms with van der Waals surface area (Å²) in [6.07, 6.45) is 0. The Morgan fingerprint density at radius 2 is 1.63 bits per heavy atom. The molecule has 220 valence electrons. The first-order valence-electron chi connectivity index (χ1n) is 13.1. The van der Waals surface area contributed by atoms with Gasteiger partial charge in [-0.15, -0.1) is 0 Å². The highest BCUT2D eigenvalue weighted by Crippen LogP contribution is 2.36. The van der Waals surface area contributed by atoms with Crippen molar-refractivity contribution in [1.29, 1.82) is 0 Å². The highest BCUT2D eigenvalue weighted by Gasteiger charge is 2.34. The number of hydrogen-bond acceptors (Lipinski definition) is 6. The Balaban J connectivity index is 2.09. The lowest BCUT2D eigenvalue weighted by molar-refractivity contribution is -0.139. The standard InChI is InChI=1S/C30H36BrN3O6S/c1-21(2)18-32-30(36)22(3)33(19-23-10-9-11-24(31)16-23)29(35)20-34(41(37,38)26-12-7-6-8-13-26)27-17-25(39-4)14-15-28(27)40-5/h6-17,21-22H,18-20H2,1-5H3,(H,32,36)/t22-/m1/s1. The van der Waals surface area contributed by atoms with Crippen molar-refractivity contribution in [1.82, 2.24) is 10.2 Å². The highest BCUT2D eigenvalue weighted by atomic mass is 79.9. The van der Waals surface area contributed by atoms with E-state index in [-0.39, 0.29) is 34.7 Å². The maximum atomic E-state index is 14.1. The number of methoxy groups -OCH3 is 2. The van der Waals surface area contributed by atoms with Crippen molar-refractivity contribution < 1.29 is 27.5 Å². The number of hydrogen-bond donors (Lipinski definition) is 1. The fraction of sp³-hybridized carbons (Fsp3) is 0.333. The number of ether oxygens (including phenoxy) is 2. The predicted octanol–water partition coefficient (Wildman–Crippen LogP) is 4.85. The molecule has 2 amide bonds. The van der Waals surface area contributed by atoms with Crippen molar-refractivity contribution in [2.45, 2.75) is 38.3 Å². The van der Waals surface area contributed by atoms with Gasteiger partial charge in [0.15, 0.2) is 0 Å². The van der Waals surface area contributed by atoms with E-state index in [9.17, 15) is 18.0 Å². The number of halogens is 1. The van der Waals surface area contributed by atoms with Gasteiger partial charge in [-0.25, -0.2) is 8.42 Å². The average molecular weight is 647 g/mol. The van der Waals surface area contributed by atoms with Gasteiger partial charge < -0.3 is 19.7 Å². The van der Waals surface area contributed by atoms with E-state index in [2.05, 4.69) is 21.2 Å². The van der Waals surface area contributed by atoms with Gasteiger partial charge in [-0.05, 0) is 54.8 Å². The number of nitrogens with one attached hydrogen (secondary N) is 1. The Hall–Kier alpha value is -3.57. The average Bonchev–Trinajstić information content (AvgIpc) is 2.96. The van der Waals surface area contributed by atoms with Crippen LogP contribution in [0.4, 0.5) is 5.69 Å². The normalized spacial score (nSPS) is 12.0. The number of rotatable bonds is 13. The van der Waals surface area contributed by atoms with Crippen LogP contribution in [0.5, 0.6) is 11.5 Å². The number of sulfonamides is 1. The zero-order valence-electron chi connectivity index (χ0n) is 23.8. The molecule has 0 aromatic heterocycles. The van der Waals surface area contributed by atoms with Crippen LogP contribution in [0.2, 0.25) is 0 Å². The van der Waals surface area contributed by atoms with Crippen LogP contribution >= 0.6 is 15.9 Å². The number of carbonyl (C=O) groups is 2. The van der Waals surface area contributed by atoms with E-state index in [0.717, 1.165) is 14.3 Å². The van der Waals surface area contributed by atoms with Gasteiger partial charge in [0.05, 0.1) is 24.8 Å². The number of carbonyl (C=O) groups excluding carboxylic acids is 2. The summed E-state index contributed by atoms with van der Waals surface area (Å²) in [5.74, 6) is -0.0688. The van der Waals surface area contributed by atoms with Gasteiger partial charge in [0.1, 0.15) is 24.1 Å². The molecule has 1 N–H and O–H groups in total. The molecule has 0 saturated carbocycles. The van der Waals surface area contributed by atoms with Crippen LogP contribution in [0.1, 0.15) is 26.3 Å². The molecule has 0 aliphatic heterocycles. The molecule has 0 unspecified atom stereocenters. The molecule has 0 saturated heterocycles. The summed E-state index contributed by atoms with van der Waals surface area (Å²) < 4.78 is 40.7. The third-order valence-corrected chi connectivity index (χ3v) is 8.63. The van der Waals surface area contributed by atoms with Crippen LogP contribution in [-0.2, 0) is 26.2 Å². The van der Waals surface area contributed by atoms with Crippen molar-refractivity contribution in [2.24, 2.45) is 5.92 Å². The van der Waals surface area contributed by atoms with Gasteiger partial charge >= 0.3 is 0 Å². The minimum absolute atomic E-state index is 0.000983.